The number of carbonyl (C=O) groups is 1. The zero-order chi connectivity index (χ0) is 13.7. The number of benzene rings is 2. The summed E-state index contributed by atoms with van der Waals surface area (Å²) in [6.07, 6.45) is -1.11. The lowest BCUT2D eigenvalue weighted by atomic mass is 9.91. The lowest BCUT2D eigenvalue weighted by Gasteiger charge is -2.18. The van der Waals surface area contributed by atoms with Gasteiger partial charge in [-0.3, -0.25) is 16.3 Å². The summed E-state index contributed by atoms with van der Waals surface area (Å²) in [4.78, 5) is 12.2. The van der Waals surface area contributed by atoms with Crippen LogP contribution in [-0.2, 0) is 9.53 Å². The molecule has 0 unspecified atom stereocenters. The van der Waals surface area contributed by atoms with Crippen LogP contribution in [0.4, 0.5) is 0 Å². The molecule has 0 fully saturated rings. The average Bonchev–Trinajstić information content (AvgIpc) is 2.40. The standard InChI is InChI=1S/C15H16N2O2/c16-15(17)19-14(18)13(11-7-3-1-4-8-11)12-9-5-2-6-10-12/h1-10,13,15H,16-17H2. The molecule has 0 saturated carbocycles. The predicted molar refractivity (Wildman–Crippen MR) is 73.0 cm³/mol. The van der Waals surface area contributed by atoms with Crippen LogP contribution in [0.5, 0.6) is 0 Å². The van der Waals surface area contributed by atoms with Crippen LogP contribution in [0, 0.1) is 0 Å². The Morgan fingerprint density at radius 2 is 1.26 bits per heavy atom. The third kappa shape index (κ3) is 3.40. The highest BCUT2D eigenvalue weighted by atomic mass is 16.6. The van der Waals surface area contributed by atoms with Gasteiger partial charge in [-0.2, -0.15) is 0 Å². The minimum absolute atomic E-state index is 0.451. The van der Waals surface area contributed by atoms with Crippen molar-refractivity contribution in [3.05, 3.63) is 71.8 Å². The third-order valence-corrected chi connectivity index (χ3v) is 2.75. The molecule has 2 aromatic rings. The molecule has 4 nitrogen and oxygen atoms in total. The van der Waals surface area contributed by atoms with Crippen LogP contribution in [0.25, 0.3) is 0 Å². The number of hydrogen-bond acceptors (Lipinski definition) is 4. The number of carbonyl (C=O) groups excluding carboxylic acids is 1. The maximum absolute atomic E-state index is 12.2. The van der Waals surface area contributed by atoms with Gasteiger partial charge in [0.2, 0.25) is 6.35 Å². The first-order chi connectivity index (χ1) is 9.18. The van der Waals surface area contributed by atoms with Crippen molar-refractivity contribution in [3.8, 4) is 0 Å². The molecule has 0 saturated heterocycles. The van der Waals surface area contributed by atoms with Crippen molar-refractivity contribution in [1.29, 1.82) is 0 Å². The molecule has 0 bridgehead atoms. The van der Waals surface area contributed by atoms with E-state index in [0.717, 1.165) is 11.1 Å². The number of ether oxygens (including phenoxy) is 1. The molecule has 0 atom stereocenters. The van der Waals surface area contributed by atoms with Crippen LogP contribution in [0.15, 0.2) is 60.7 Å². The molecular weight excluding hydrogens is 240 g/mol. The van der Waals surface area contributed by atoms with Crippen molar-refractivity contribution in [2.24, 2.45) is 11.5 Å². The number of nitrogens with two attached hydrogens (primary N) is 2. The maximum atomic E-state index is 12.2. The van der Waals surface area contributed by atoms with Gasteiger partial charge in [-0.25, -0.2) is 0 Å². The van der Waals surface area contributed by atoms with Gasteiger partial charge in [-0.1, -0.05) is 60.7 Å². The minimum atomic E-state index is -1.11. The van der Waals surface area contributed by atoms with E-state index >= 15 is 0 Å². The molecule has 0 radical (unpaired) electrons. The molecule has 0 aromatic heterocycles. The van der Waals surface area contributed by atoms with E-state index in [1.807, 2.05) is 60.7 Å². The fraction of sp³-hybridized carbons (Fsp3) is 0.133. The highest BCUT2D eigenvalue weighted by molar-refractivity contribution is 5.82. The van der Waals surface area contributed by atoms with E-state index in [-0.39, 0.29) is 0 Å². The van der Waals surface area contributed by atoms with Crippen molar-refractivity contribution in [2.75, 3.05) is 0 Å². The number of esters is 1. The average molecular weight is 256 g/mol. The van der Waals surface area contributed by atoms with Crippen molar-refractivity contribution in [1.82, 2.24) is 0 Å². The normalized spacial score (nSPS) is 10.7. The van der Waals surface area contributed by atoms with Gasteiger partial charge in [0, 0.05) is 0 Å². The smallest absolute Gasteiger partial charge is 0.320 e. The Labute approximate surface area is 112 Å². The molecule has 98 valence electrons. The Morgan fingerprint density at radius 1 is 0.842 bits per heavy atom. The SMILES string of the molecule is NC(N)OC(=O)C(c1ccccc1)c1ccccc1. The van der Waals surface area contributed by atoms with Crippen LogP contribution >= 0.6 is 0 Å². The van der Waals surface area contributed by atoms with E-state index in [2.05, 4.69) is 0 Å². The lowest BCUT2D eigenvalue weighted by Crippen LogP contribution is -2.37. The molecule has 0 aliphatic carbocycles. The van der Waals surface area contributed by atoms with E-state index in [9.17, 15) is 4.79 Å². The van der Waals surface area contributed by atoms with Crippen molar-refractivity contribution < 1.29 is 9.53 Å². The summed E-state index contributed by atoms with van der Waals surface area (Å²) in [7, 11) is 0. The zero-order valence-electron chi connectivity index (χ0n) is 10.4. The fourth-order valence-corrected chi connectivity index (χ4v) is 1.96. The van der Waals surface area contributed by atoms with Gasteiger partial charge in [0.15, 0.2) is 0 Å². The van der Waals surface area contributed by atoms with E-state index in [0.29, 0.717) is 0 Å². The van der Waals surface area contributed by atoms with Gasteiger partial charge in [0.25, 0.3) is 0 Å². The minimum Gasteiger partial charge on any atom is -0.433 e. The largest absolute Gasteiger partial charge is 0.433 e. The first kappa shape index (κ1) is 13.3. The molecule has 2 rings (SSSR count). The number of hydrogen-bond donors (Lipinski definition) is 2. The molecule has 0 spiro atoms. The van der Waals surface area contributed by atoms with Gasteiger partial charge in [0.05, 0.1) is 0 Å². The van der Waals surface area contributed by atoms with Crippen LogP contribution < -0.4 is 11.5 Å². The lowest BCUT2D eigenvalue weighted by molar-refractivity contribution is -0.149. The van der Waals surface area contributed by atoms with Gasteiger partial charge >= 0.3 is 5.97 Å². The van der Waals surface area contributed by atoms with Crippen LogP contribution in [0.2, 0.25) is 0 Å². The Morgan fingerprint density at radius 3 is 1.63 bits per heavy atom. The van der Waals surface area contributed by atoms with E-state index < -0.39 is 18.2 Å². The monoisotopic (exact) mass is 256 g/mol. The van der Waals surface area contributed by atoms with Gasteiger partial charge in [-0.05, 0) is 11.1 Å². The summed E-state index contributed by atoms with van der Waals surface area (Å²) < 4.78 is 4.94. The van der Waals surface area contributed by atoms with E-state index in [4.69, 9.17) is 16.2 Å². The second-order valence-corrected chi connectivity index (χ2v) is 4.16. The van der Waals surface area contributed by atoms with E-state index in [1.54, 1.807) is 0 Å². The first-order valence-corrected chi connectivity index (χ1v) is 6.00. The first-order valence-electron chi connectivity index (χ1n) is 6.00. The van der Waals surface area contributed by atoms with Crippen LogP contribution in [-0.4, -0.2) is 12.3 Å². The Bertz CT molecular complexity index is 487. The second kappa shape index (κ2) is 6.13. The fourth-order valence-electron chi connectivity index (χ4n) is 1.96. The molecule has 0 heterocycles. The highest BCUT2D eigenvalue weighted by Gasteiger charge is 2.24. The molecule has 19 heavy (non-hydrogen) atoms. The molecule has 4 heteroatoms. The van der Waals surface area contributed by atoms with Crippen molar-refractivity contribution in [2.45, 2.75) is 12.3 Å². The molecule has 4 N–H and O–H groups in total. The summed E-state index contributed by atoms with van der Waals surface area (Å²) in [5, 5.41) is 0. The Kier molecular flexibility index (Phi) is 4.28. The van der Waals surface area contributed by atoms with Crippen LogP contribution in [0.3, 0.4) is 0 Å². The Balaban J connectivity index is 2.37. The predicted octanol–water partition coefficient (Wildman–Crippen LogP) is 1.56. The summed E-state index contributed by atoms with van der Waals surface area (Å²) in [5.74, 6) is -0.968. The number of rotatable bonds is 4. The second-order valence-electron chi connectivity index (χ2n) is 4.16. The molecule has 2 aromatic carbocycles. The van der Waals surface area contributed by atoms with Gasteiger partial charge < -0.3 is 4.74 Å². The molecule has 0 aliphatic rings. The Hall–Kier alpha value is -2.17. The zero-order valence-corrected chi connectivity index (χ0v) is 10.4. The highest BCUT2D eigenvalue weighted by Crippen LogP contribution is 2.25. The van der Waals surface area contributed by atoms with Crippen LogP contribution in [0.1, 0.15) is 17.0 Å². The molecule has 0 aliphatic heterocycles. The summed E-state index contributed by atoms with van der Waals surface area (Å²) in [5.41, 5.74) is 12.3. The maximum Gasteiger partial charge on any atom is 0.320 e. The van der Waals surface area contributed by atoms with Crippen molar-refractivity contribution >= 4 is 5.97 Å². The van der Waals surface area contributed by atoms with E-state index in [1.165, 1.54) is 0 Å². The topological polar surface area (TPSA) is 78.3 Å². The van der Waals surface area contributed by atoms with Gasteiger partial charge in [0.1, 0.15) is 5.92 Å². The van der Waals surface area contributed by atoms with Crippen molar-refractivity contribution in [3.63, 3.8) is 0 Å². The molecular formula is C15H16N2O2. The third-order valence-electron chi connectivity index (χ3n) is 2.75. The molecule has 0 amide bonds. The van der Waals surface area contributed by atoms with Gasteiger partial charge in [-0.15, -0.1) is 0 Å². The summed E-state index contributed by atoms with van der Waals surface area (Å²) in [6.45, 7) is 0. The quantitative estimate of drug-likeness (QED) is 0.643. The summed E-state index contributed by atoms with van der Waals surface area (Å²) in [6, 6.07) is 18.8. The summed E-state index contributed by atoms with van der Waals surface area (Å²) >= 11 is 0.